The molecule has 1 heterocycles. The molecule has 22 heavy (non-hydrogen) atoms. The van der Waals surface area contributed by atoms with Crippen LogP contribution in [0, 0.1) is 17.2 Å². The number of carbonyl (C=O) groups excluding carboxylic acids is 1. The van der Waals surface area contributed by atoms with Gasteiger partial charge >= 0.3 is 5.97 Å². The van der Waals surface area contributed by atoms with E-state index < -0.39 is 8.80 Å². The highest BCUT2D eigenvalue weighted by molar-refractivity contribution is 6.59. The summed E-state index contributed by atoms with van der Waals surface area (Å²) < 4.78 is 5.45. The Bertz CT molecular complexity index is 513. The van der Waals surface area contributed by atoms with Crippen molar-refractivity contribution in [1.82, 2.24) is 0 Å². The van der Waals surface area contributed by atoms with E-state index in [1.165, 1.54) is 37.4 Å². The molecular weight excluding hydrogens is 290 g/mol. The van der Waals surface area contributed by atoms with E-state index in [2.05, 4.69) is 13.0 Å². The van der Waals surface area contributed by atoms with Crippen LogP contribution in [-0.2, 0) is 4.79 Å². The summed E-state index contributed by atoms with van der Waals surface area (Å²) >= 11 is 0. The van der Waals surface area contributed by atoms with Gasteiger partial charge in [0.2, 0.25) is 0 Å². The van der Waals surface area contributed by atoms with Crippen molar-refractivity contribution in [2.75, 3.05) is 0 Å². The first-order valence-corrected chi connectivity index (χ1v) is 10.9. The molecule has 0 spiro atoms. The normalized spacial score (nSPS) is 21.1. The van der Waals surface area contributed by atoms with Crippen molar-refractivity contribution < 1.29 is 9.53 Å². The van der Waals surface area contributed by atoms with E-state index in [1.807, 2.05) is 0 Å². The molecule has 0 bridgehead atoms. The molecular formula is C18H25NO2Si. The number of rotatable bonds is 6. The Morgan fingerprint density at radius 3 is 2.55 bits per heavy atom. The summed E-state index contributed by atoms with van der Waals surface area (Å²) in [7, 11) is -0.577. The number of carbonyl (C=O) groups is 1. The highest BCUT2D eigenvalue weighted by Crippen LogP contribution is 2.29. The van der Waals surface area contributed by atoms with E-state index in [0.29, 0.717) is 11.3 Å². The number of hydrogen-bond acceptors (Lipinski definition) is 3. The maximum atomic E-state index is 12.2. The summed E-state index contributed by atoms with van der Waals surface area (Å²) in [4.78, 5) is 12.2. The predicted molar refractivity (Wildman–Crippen MR) is 90.6 cm³/mol. The van der Waals surface area contributed by atoms with E-state index in [-0.39, 0.29) is 11.9 Å². The van der Waals surface area contributed by atoms with Gasteiger partial charge in [-0.15, -0.1) is 0 Å². The van der Waals surface area contributed by atoms with Gasteiger partial charge in [0.1, 0.15) is 5.75 Å². The minimum atomic E-state index is -0.577. The zero-order valence-corrected chi connectivity index (χ0v) is 14.5. The lowest BCUT2D eigenvalue weighted by atomic mass is 10.0. The summed E-state index contributed by atoms with van der Waals surface area (Å²) in [5, 5.41) is 8.76. The largest absolute Gasteiger partial charge is 0.426 e. The number of ether oxygens (including phenoxy) is 1. The quantitative estimate of drug-likeness (QED) is 0.340. The molecule has 1 aliphatic rings. The molecule has 0 amide bonds. The molecule has 0 saturated carbocycles. The van der Waals surface area contributed by atoms with Crippen LogP contribution in [0.5, 0.6) is 5.75 Å². The van der Waals surface area contributed by atoms with Crippen LogP contribution >= 0.6 is 0 Å². The number of esters is 1. The van der Waals surface area contributed by atoms with Crippen molar-refractivity contribution in [3.8, 4) is 11.8 Å². The second-order valence-corrected chi connectivity index (χ2v) is 9.73. The second-order valence-electron chi connectivity index (χ2n) is 6.27. The molecule has 0 unspecified atom stereocenters. The Morgan fingerprint density at radius 2 is 1.95 bits per heavy atom. The highest BCUT2D eigenvalue weighted by Gasteiger charge is 2.28. The molecule has 1 saturated heterocycles. The average Bonchev–Trinajstić information content (AvgIpc) is 2.56. The molecule has 1 aromatic carbocycles. The molecule has 1 aromatic rings. The van der Waals surface area contributed by atoms with Gasteiger partial charge in [0.15, 0.2) is 0 Å². The number of unbranched alkanes of at least 4 members (excludes halogenated alkanes) is 2. The van der Waals surface area contributed by atoms with Gasteiger partial charge in [-0.3, -0.25) is 4.79 Å². The molecule has 0 atom stereocenters. The molecule has 0 aromatic heterocycles. The Hall–Kier alpha value is -1.60. The third kappa shape index (κ3) is 4.99. The van der Waals surface area contributed by atoms with Crippen LogP contribution in [0.15, 0.2) is 24.3 Å². The topological polar surface area (TPSA) is 50.1 Å². The van der Waals surface area contributed by atoms with Crippen LogP contribution in [-0.4, -0.2) is 14.8 Å². The van der Waals surface area contributed by atoms with Gasteiger partial charge in [0.05, 0.1) is 17.6 Å². The third-order valence-electron chi connectivity index (χ3n) is 4.60. The maximum Gasteiger partial charge on any atom is 0.314 e. The monoisotopic (exact) mass is 315 g/mol. The molecule has 1 fully saturated rings. The minimum Gasteiger partial charge on any atom is -0.426 e. The Balaban J connectivity index is 1.76. The van der Waals surface area contributed by atoms with Crippen LogP contribution in [0.4, 0.5) is 0 Å². The molecule has 118 valence electrons. The number of nitriles is 1. The molecule has 1 aliphatic heterocycles. The van der Waals surface area contributed by atoms with Crippen molar-refractivity contribution in [3.63, 3.8) is 0 Å². The first-order valence-electron chi connectivity index (χ1n) is 8.44. The Kier molecular flexibility index (Phi) is 6.66. The molecule has 0 radical (unpaired) electrons. The smallest absolute Gasteiger partial charge is 0.314 e. The van der Waals surface area contributed by atoms with Crippen molar-refractivity contribution in [3.05, 3.63) is 29.8 Å². The van der Waals surface area contributed by atoms with Crippen LogP contribution in [0.25, 0.3) is 0 Å². The van der Waals surface area contributed by atoms with E-state index in [0.717, 1.165) is 12.8 Å². The van der Waals surface area contributed by atoms with Crippen LogP contribution in [0.3, 0.4) is 0 Å². The lowest BCUT2D eigenvalue weighted by Gasteiger charge is -2.26. The second kappa shape index (κ2) is 8.75. The maximum absolute atomic E-state index is 12.2. The summed E-state index contributed by atoms with van der Waals surface area (Å²) in [5.41, 5.74) is 0.582. The lowest BCUT2D eigenvalue weighted by Crippen LogP contribution is -2.28. The first-order chi connectivity index (χ1) is 10.7. The van der Waals surface area contributed by atoms with Gasteiger partial charge in [0.25, 0.3) is 0 Å². The Morgan fingerprint density at radius 1 is 1.27 bits per heavy atom. The Labute approximate surface area is 134 Å². The van der Waals surface area contributed by atoms with Crippen LogP contribution in [0.1, 0.15) is 44.6 Å². The third-order valence-corrected chi connectivity index (χ3v) is 8.12. The number of hydrogen-bond donors (Lipinski definition) is 0. The summed E-state index contributed by atoms with van der Waals surface area (Å²) in [5.74, 6) is 0.530. The average molecular weight is 315 g/mol. The highest BCUT2D eigenvalue weighted by atomic mass is 28.3. The first kappa shape index (κ1) is 16.8. The zero-order valence-electron chi connectivity index (χ0n) is 13.4. The van der Waals surface area contributed by atoms with E-state index >= 15 is 0 Å². The molecule has 0 N–H and O–H groups in total. The van der Waals surface area contributed by atoms with Gasteiger partial charge in [-0.25, -0.2) is 0 Å². The van der Waals surface area contributed by atoms with Crippen molar-refractivity contribution in [2.24, 2.45) is 5.92 Å². The fourth-order valence-corrected chi connectivity index (χ4v) is 6.65. The van der Waals surface area contributed by atoms with Gasteiger partial charge in [-0.05, 0) is 37.1 Å². The molecule has 2 rings (SSSR count). The minimum absolute atomic E-state index is 0.0746. The fraction of sp³-hybridized carbons (Fsp3) is 0.556. The van der Waals surface area contributed by atoms with Gasteiger partial charge in [-0.1, -0.05) is 44.3 Å². The van der Waals surface area contributed by atoms with Gasteiger partial charge < -0.3 is 4.74 Å². The predicted octanol–water partition coefficient (Wildman–Crippen LogP) is 4.29. The van der Waals surface area contributed by atoms with E-state index in [1.54, 1.807) is 24.3 Å². The van der Waals surface area contributed by atoms with Gasteiger partial charge in [0, 0.05) is 8.80 Å². The SMILES string of the molecule is CCCCC[Si@H]1CC[C@H](C(=O)Oc2ccc(C#N)cc2)CC1. The number of nitrogens with zero attached hydrogens (tertiary/aromatic N) is 1. The van der Waals surface area contributed by atoms with Crippen LogP contribution < -0.4 is 4.74 Å². The van der Waals surface area contributed by atoms with E-state index in [9.17, 15) is 4.79 Å². The fourth-order valence-electron chi connectivity index (χ4n) is 3.17. The molecule has 0 aliphatic carbocycles. The molecule has 4 heteroatoms. The zero-order chi connectivity index (χ0) is 15.8. The van der Waals surface area contributed by atoms with Crippen LogP contribution in [0.2, 0.25) is 18.1 Å². The van der Waals surface area contributed by atoms with Crippen molar-refractivity contribution in [1.29, 1.82) is 5.26 Å². The lowest BCUT2D eigenvalue weighted by molar-refractivity contribution is -0.139. The van der Waals surface area contributed by atoms with Crippen molar-refractivity contribution in [2.45, 2.75) is 57.2 Å². The van der Waals surface area contributed by atoms with Crippen molar-refractivity contribution >= 4 is 14.8 Å². The summed E-state index contributed by atoms with van der Waals surface area (Å²) in [6.07, 6.45) is 6.05. The summed E-state index contributed by atoms with van der Waals surface area (Å²) in [6.45, 7) is 2.25. The van der Waals surface area contributed by atoms with Gasteiger partial charge in [-0.2, -0.15) is 5.26 Å². The standard InChI is InChI=1S/C18H25NO2Si/c1-2-3-4-11-22-12-9-16(10-13-22)18(20)21-17-7-5-15(14-19)6-8-17/h5-8,16,22H,2-4,9-13H2,1H3/t16-,22-. The molecule has 3 nitrogen and oxygen atoms in total. The van der Waals surface area contributed by atoms with E-state index in [4.69, 9.17) is 10.00 Å². The number of benzene rings is 1. The summed E-state index contributed by atoms with van der Waals surface area (Å²) in [6, 6.07) is 12.8.